The van der Waals surface area contributed by atoms with E-state index in [1.54, 1.807) is 5.12 Å². The first-order valence-electron chi connectivity index (χ1n) is 10.9. The summed E-state index contributed by atoms with van der Waals surface area (Å²) in [4.78, 5) is 1.45. The zero-order valence-corrected chi connectivity index (χ0v) is 21.6. The lowest BCUT2D eigenvalue weighted by molar-refractivity contribution is 0.457. The van der Waals surface area contributed by atoms with Crippen LogP contribution < -0.4 is 15.8 Å². The van der Waals surface area contributed by atoms with Crippen molar-refractivity contribution in [1.29, 1.82) is 0 Å². The van der Waals surface area contributed by atoms with Gasteiger partial charge in [0.05, 0.1) is 11.8 Å². The van der Waals surface area contributed by atoms with E-state index in [1.165, 1.54) is 4.80 Å². The van der Waals surface area contributed by atoms with Gasteiger partial charge in [-0.2, -0.15) is 15.6 Å². The highest BCUT2D eigenvalue weighted by Gasteiger charge is 2.27. The van der Waals surface area contributed by atoms with Crippen LogP contribution in [0.3, 0.4) is 0 Å². The summed E-state index contributed by atoms with van der Waals surface area (Å²) in [5.41, 5.74) is 8.00. The Morgan fingerprint density at radius 3 is 2.40 bits per heavy atom. The summed E-state index contributed by atoms with van der Waals surface area (Å²) in [7, 11) is 2.67. The van der Waals surface area contributed by atoms with E-state index >= 15 is 0 Å². The SMILES string of the molecule is Oc1c(Cc2cc(P)cc(-n3nc4ccccc4n3)c2O)cc(I)cc1N1N=C2C=CC=CC2N1. The quantitative estimate of drug-likeness (QED) is 0.246. The van der Waals surface area contributed by atoms with Crippen LogP contribution in [0.25, 0.3) is 16.7 Å². The van der Waals surface area contributed by atoms with E-state index in [0.717, 1.165) is 25.6 Å². The van der Waals surface area contributed by atoms with E-state index in [2.05, 4.69) is 52.6 Å². The molecule has 8 nitrogen and oxygen atoms in total. The first-order chi connectivity index (χ1) is 17.0. The van der Waals surface area contributed by atoms with Crippen LogP contribution in [0.1, 0.15) is 11.1 Å². The van der Waals surface area contributed by atoms with Crippen LogP contribution in [-0.4, -0.2) is 37.0 Å². The molecule has 2 atom stereocenters. The fourth-order valence-corrected chi connectivity index (χ4v) is 5.26. The molecule has 1 aliphatic carbocycles. The molecule has 6 rings (SSSR count). The maximum Gasteiger partial charge on any atom is 0.146 e. The number of rotatable bonds is 4. The second-order valence-corrected chi connectivity index (χ2v) is 10.2. The highest BCUT2D eigenvalue weighted by molar-refractivity contribution is 14.1. The van der Waals surface area contributed by atoms with Crippen molar-refractivity contribution in [3.05, 3.63) is 87.5 Å². The summed E-state index contributed by atoms with van der Waals surface area (Å²) in [5, 5.41) is 38.5. The number of phenols is 2. The molecule has 0 saturated heterocycles. The molecule has 0 bridgehead atoms. The average molecular weight is 594 g/mol. The second-order valence-electron chi connectivity index (χ2n) is 8.32. The lowest BCUT2D eigenvalue weighted by Crippen LogP contribution is -2.37. The zero-order chi connectivity index (χ0) is 24.1. The molecule has 1 aliphatic heterocycles. The van der Waals surface area contributed by atoms with Crippen molar-refractivity contribution in [2.24, 2.45) is 5.10 Å². The Hall–Kier alpha value is -3.27. The summed E-state index contributed by atoms with van der Waals surface area (Å²) in [6.45, 7) is 0. The van der Waals surface area contributed by atoms with Gasteiger partial charge in [-0.15, -0.1) is 24.2 Å². The number of hydrazone groups is 1. The molecule has 4 aromatic rings. The minimum Gasteiger partial charge on any atom is -0.505 e. The maximum absolute atomic E-state index is 11.2. The third kappa shape index (κ3) is 4.09. The highest BCUT2D eigenvalue weighted by Crippen LogP contribution is 2.37. The largest absolute Gasteiger partial charge is 0.505 e. The van der Waals surface area contributed by atoms with E-state index in [4.69, 9.17) is 0 Å². The molecular formula is C25H20IN6O2P. The first-order valence-corrected chi connectivity index (χ1v) is 12.6. The Labute approximate surface area is 217 Å². The zero-order valence-electron chi connectivity index (χ0n) is 18.3. The van der Waals surface area contributed by atoms with Crippen LogP contribution in [0.2, 0.25) is 0 Å². The molecule has 0 radical (unpaired) electrons. The molecule has 2 heterocycles. The van der Waals surface area contributed by atoms with Gasteiger partial charge in [-0.3, -0.25) is 0 Å². The van der Waals surface area contributed by atoms with Gasteiger partial charge in [-0.05, 0) is 70.4 Å². The van der Waals surface area contributed by atoms with E-state index in [1.807, 2.05) is 72.8 Å². The Kier molecular flexibility index (Phi) is 5.55. The van der Waals surface area contributed by atoms with E-state index < -0.39 is 0 Å². The van der Waals surface area contributed by atoms with Gasteiger partial charge in [0.2, 0.25) is 0 Å². The minimum absolute atomic E-state index is 0.0294. The van der Waals surface area contributed by atoms with Gasteiger partial charge in [-0.25, -0.2) is 0 Å². The van der Waals surface area contributed by atoms with E-state index in [0.29, 0.717) is 28.9 Å². The van der Waals surface area contributed by atoms with Gasteiger partial charge >= 0.3 is 0 Å². The van der Waals surface area contributed by atoms with Gasteiger partial charge in [0.15, 0.2) is 0 Å². The van der Waals surface area contributed by atoms with Crippen LogP contribution in [0.15, 0.2) is 77.9 Å². The number of hydrazine groups is 1. The van der Waals surface area contributed by atoms with E-state index in [9.17, 15) is 10.2 Å². The molecule has 1 aromatic heterocycles. The first kappa shape index (κ1) is 22.2. The summed E-state index contributed by atoms with van der Waals surface area (Å²) >= 11 is 2.22. The number of halogens is 1. The summed E-state index contributed by atoms with van der Waals surface area (Å²) < 4.78 is 0.940. The summed E-state index contributed by atoms with van der Waals surface area (Å²) in [6.07, 6.45) is 8.18. The second kappa shape index (κ2) is 8.75. The number of hydrogen-bond donors (Lipinski definition) is 3. The van der Waals surface area contributed by atoms with Crippen molar-refractivity contribution in [3.8, 4) is 17.2 Å². The van der Waals surface area contributed by atoms with Crippen molar-refractivity contribution in [1.82, 2.24) is 20.4 Å². The number of nitrogens with one attached hydrogen (secondary N) is 1. The molecule has 0 saturated carbocycles. The molecular weight excluding hydrogens is 574 g/mol. The van der Waals surface area contributed by atoms with Crippen LogP contribution >= 0.6 is 31.8 Å². The maximum atomic E-state index is 11.2. The number of aromatic nitrogens is 3. The monoisotopic (exact) mass is 594 g/mol. The molecule has 3 N–H and O–H groups in total. The predicted molar refractivity (Wildman–Crippen MR) is 149 cm³/mol. The average Bonchev–Trinajstić information content (AvgIpc) is 3.47. The van der Waals surface area contributed by atoms with Crippen molar-refractivity contribution in [2.75, 3.05) is 5.12 Å². The van der Waals surface area contributed by atoms with Crippen molar-refractivity contribution >= 4 is 59.6 Å². The van der Waals surface area contributed by atoms with Crippen LogP contribution in [0.4, 0.5) is 5.69 Å². The number of hydrogen-bond acceptors (Lipinski definition) is 7. The topological polar surface area (TPSA) is 98.8 Å². The van der Waals surface area contributed by atoms with Crippen molar-refractivity contribution in [2.45, 2.75) is 12.5 Å². The molecule has 3 aromatic carbocycles. The van der Waals surface area contributed by atoms with Gasteiger partial charge < -0.3 is 10.2 Å². The number of fused-ring (bicyclic) bond motifs is 2. The predicted octanol–water partition coefficient (Wildman–Crippen LogP) is 3.70. The lowest BCUT2D eigenvalue weighted by Gasteiger charge is -2.20. The smallest absolute Gasteiger partial charge is 0.146 e. The number of phenolic OH excluding ortho intramolecular Hbond substituents is 2. The van der Waals surface area contributed by atoms with Gasteiger partial charge in [0, 0.05) is 21.1 Å². The number of nitrogens with zero attached hydrogens (tertiary/aromatic N) is 5. The van der Waals surface area contributed by atoms with Gasteiger partial charge in [0.25, 0.3) is 0 Å². The molecule has 0 amide bonds. The molecule has 2 unspecified atom stereocenters. The fourth-order valence-electron chi connectivity index (χ4n) is 4.23. The Balaban J connectivity index is 1.38. The Bertz CT molecular complexity index is 1540. The standard InChI is InChI=1S/C25H20IN6O2P/c26-16-10-14(24(33)22(12-16)31-27-18-5-1-2-6-19(18)28-31)9-15-11-17(35)13-23(25(15)34)32-29-20-7-3-4-8-21(20)30-32/h1-8,10-13,18,27,33-34H,9,35H2. The molecule has 10 heteroatoms. The number of benzene rings is 3. The van der Waals surface area contributed by atoms with Gasteiger partial charge in [0.1, 0.15) is 33.9 Å². The number of allylic oxidation sites excluding steroid dienone is 2. The van der Waals surface area contributed by atoms with Gasteiger partial charge in [-0.1, -0.05) is 30.4 Å². The highest BCUT2D eigenvalue weighted by atomic mass is 127. The van der Waals surface area contributed by atoms with Crippen LogP contribution in [-0.2, 0) is 6.42 Å². The fraction of sp³-hybridized carbons (Fsp3) is 0.0800. The third-order valence-corrected chi connectivity index (χ3v) is 6.87. The lowest BCUT2D eigenvalue weighted by atomic mass is 10.0. The van der Waals surface area contributed by atoms with Crippen LogP contribution in [0.5, 0.6) is 11.5 Å². The number of aromatic hydroxyl groups is 2. The Morgan fingerprint density at radius 1 is 0.943 bits per heavy atom. The third-order valence-electron chi connectivity index (χ3n) is 5.91. The number of anilines is 1. The van der Waals surface area contributed by atoms with Crippen LogP contribution in [0, 0.1) is 3.57 Å². The molecule has 2 aliphatic rings. The minimum atomic E-state index is -0.0294. The summed E-state index contributed by atoms with van der Waals surface area (Å²) in [5.74, 6) is 0.170. The van der Waals surface area contributed by atoms with Crippen molar-refractivity contribution < 1.29 is 10.2 Å². The molecule has 0 fully saturated rings. The van der Waals surface area contributed by atoms with Crippen molar-refractivity contribution in [3.63, 3.8) is 0 Å². The molecule has 35 heavy (non-hydrogen) atoms. The Morgan fingerprint density at radius 2 is 1.66 bits per heavy atom. The normalized spacial score (nSPS) is 16.7. The molecule has 0 spiro atoms. The van der Waals surface area contributed by atoms with E-state index in [-0.39, 0.29) is 17.5 Å². The molecule has 174 valence electrons. The summed E-state index contributed by atoms with van der Waals surface area (Å²) in [6, 6.07) is 15.0.